The average molecular weight is 431 g/mol. The maximum absolute atomic E-state index is 15.4. The predicted molar refractivity (Wildman–Crippen MR) is 108 cm³/mol. The molecule has 2 atom stereocenters. The van der Waals surface area contributed by atoms with Gasteiger partial charge >= 0.3 is 5.97 Å². The third-order valence-corrected chi connectivity index (χ3v) is 6.49. The molecule has 1 amide bonds. The number of ether oxygens (including phenoxy) is 1. The fraction of sp³-hybridized carbons (Fsp3) is 0.476. The summed E-state index contributed by atoms with van der Waals surface area (Å²) in [7, 11) is 1.30. The van der Waals surface area contributed by atoms with Crippen LogP contribution in [0.1, 0.15) is 42.1 Å². The van der Waals surface area contributed by atoms with Gasteiger partial charge in [0, 0.05) is 24.0 Å². The number of carbonyl (C=O) groups excluding carboxylic acids is 1. The Kier molecular flexibility index (Phi) is 4.44. The van der Waals surface area contributed by atoms with Gasteiger partial charge < -0.3 is 29.7 Å². The first-order valence-corrected chi connectivity index (χ1v) is 10.3. The molecule has 10 heteroatoms. The number of carbonyl (C=O) groups is 2. The van der Waals surface area contributed by atoms with Crippen molar-refractivity contribution in [2.75, 3.05) is 25.1 Å². The Bertz CT molecular complexity index is 1190. The van der Waals surface area contributed by atoms with Gasteiger partial charge in [-0.05, 0) is 38.3 Å². The molecular weight excluding hydrogens is 409 g/mol. The number of anilines is 1. The smallest absolute Gasteiger partial charge is 0.345 e. The van der Waals surface area contributed by atoms with Crippen LogP contribution in [0.4, 0.5) is 10.1 Å². The van der Waals surface area contributed by atoms with Gasteiger partial charge in [0.1, 0.15) is 17.0 Å². The number of aromatic nitrogens is 1. The highest BCUT2D eigenvalue weighted by atomic mass is 19.1. The predicted octanol–water partition coefficient (Wildman–Crippen LogP) is 1.60. The lowest BCUT2D eigenvalue weighted by Crippen LogP contribution is -2.41. The molecule has 2 saturated heterocycles. The number of piperidine rings is 1. The second-order valence-corrected chi connectivity index (χ2v) is 8.33. The van der Waals surface area contributed by atoms with E-state index >= 15 is 4.39 Å². The third kappa shape index (κ3) is 2.81. The van der Waals surface area contributed by atoms with Crippen molar-refractivity contribution < 1.29 is 28.9 Å². The number of carboxylic acids is 1. The normalized spacial score (nSPS) is 23.3. The van der Waals surface area contributed by atoms with Crippen molar-refractivity contribution in [3.63, 3.8) is 0 Å². The summed E-state index contributed by atoms with van der Waals surface area (Å²) in [6.45, 7) is 1.04. The zero-order valence-electron chi connectivity index (χ0n) is 16.9. The van der Waals surface area contributed by atoms with Gasteiger partial charge in [-0.1, -0.05) is 0 Å². The maximum atomic E-state index is 15.4. The summed E-state index contributed by atoms with van der Waals surface area (Å²) in [5.41, 5.74) is -1.67. The minimum absolute atomic E-state index is 0.0572. The first-order valence-electron chi connectivity index (χ1n) is 10.3. The largest absolute Gasteiger partial charge is 0.506 e. The molecule has 0 unspecified atom stereocenters. The third-order valence-electron chi connectivity index (χ3n) is 6.49. The molecule has 9 nitrogen and oxygen atoms in total. The Morgan fingerprint density at radius 2 is 2.03 bits per heavy atom. The molecule has 1 aromatic heterocycles. The van der Waals surface area contributed by atoms with Crippen molar-refractivity contribution in [3.8, 4) is 11.5 Å². The molecule has 3 heterocycles. The van der Waals surface area contributed by atoms with Crippen LogP contribution in [0.2, 0.25) is 0 Å². The van der Waals surface area contributed by atoms with E-state index in [1.807, 2.05) is 0 Å². The van der Waals surface area contributed by atoms with Crippen LogP contribution in [0.3, 0.4) is 0 Å². The zero-order chi connectivity index (χ0) is 22.0. The van der Waals surface area contributed by atoms with E-state index in [4.69, 9.17) is 4.74 Å². The lowest BCUT2D eigenvalue weighted by atomic mass is 9.94. The topological polar surface area (TPSA) is 121 Å². The number of amides is 1. The number of fused-ring (bicyclic) bond motifs is 2. The van der Waals surface area contributed by atoms with Crippen molar-refractivity contribution in [2.24, 2.45) is 5.92 Å². The second kappa shape index (κ2) is 6.94. The fourth-order valence-corrected chi connectivity index (χ4v) is 4.93. The van der Waals surface area contributed by atoms with Crippen LogP contribution in [-0.2, 0) is 4.79 Å². The van der Waals surface area contributed by atoms with E-state index in [1.165, 1.54) is 16.6 Å². The average Bonchev–Trinajstić information content (AvgIpc) is 3.51. The number of aromatic carboxylic acids is 1. The number of rotatable bonds is 4. The number of halogens is 1. The zero-order valence-corrected chi connectivity index (χ0v) is 16.9. The molecule has 3 fully saturated rings. The summed E-state index contributed by atoms with van der Waals surface area (Å²) in [6.07, 6.45) is 2.85. The van der Waals surface area contributed by atoms with Crippen molar-refractivity contribution in [1.29, 1.82) is 0 Å². The molecule has 0 bridgehead atoms. The highest BCUT2D eigenvalue weighted by Crippen LogP contribution is 2.47. The van der Waals surface area contributed by atoms with Crippen molar-refractivity contribution >= 4 is 28.5 Å². The molecule has 31 heavy (non-hydrogen) atoms. The van der Waals surface area contributed by atoms with E-state index in [0.717, 1.165) is 19.0 Å². The first-order chi connectivity index (χ1) is 14.8. The molecule has 0 radical (unpaired) electrons. The monoisotopic (exact) mass is 431 g/mol. The van der Waals surface area contributed by atoms with E-state index < -0.39 is 28.7 Å². The summed E-state index contributed by atoms with van der Waals surface area (Å²) in [5, 5.41) is 23.2. The molecule has 2 aromatic rings. The molecule has 1 aliphatic carbocycles. The molecule has 3 aliphatic rings. The van der Waals surface area contributed by atoms with Crippen LogP contribution in [0.5, 0.6) is 11.5 Å². The summed E-state index contributed by atoms with van der Waals surface area (Å²) in [6, 6.07) is 0.601. The Morgan fingerprint density at radius 1 is 1.29 bits per heavy atom. The Balaban J connectivity index is 1.80. The van der Waals surface area contributed by atoms with Gasteiger partial charge in [-0.15, -0.1) is 0 Å². The molecule has 1 saturated carbocycles. The van der Waals surface area contributed by atoms with E-state index in [1.54, 1.807) is 0 Å². The number of nitrogens with zero attached hydrogens (tertiary/aromatic N) is 2. The lowest BCUT2D eigenvalue weighted by Gasteiger charge is -2.24. The highest BCUT2D eigenvalue weighted by Gasteiger charge is 2.44. The van der Waals surface area contributed by atoms with Gasteiger partial charge in [-0.3, -0.25) is 9.59 Å². The fourth-order valence-electron chi connectivity index (χ4n) is 4.93. The first kappa shape index (κ1) is 19.8. The van der Waals surface area contributed by atoms with Gasteiger partial charge in [0.05, 0.1) is 13.0 Å². The van der Waals surface area contributed by atoms with Gasteiger partial charge in [0.25, 0.3) is 5.56 Å². The number of methoxy groups -OCH3 is 1. The molecule has 0 spiro atoms. The van der Waals surface area contributed by atoms with E-state index in [0.29, 0.717) is 19.3 Å². The van der Waals surface area contributed by atoms with Crippen molar-refractivity contribution in [3.05, 3.63) is 27.8 Å². The number of carboxylic acid groups (broad SMARTS) is 1. The number of benzene rings is 1. The summed E-state index contributed by atoms with van der Waals surface area (Å²) >= 11 is 0. The molecule has 5 rings (SSSR count). The minimum Gasteiger partial charge on any atom is -0.506 e. The van der Waals surface area contributed by atoms with Crippen molar-refractivity contribution in [2.45, 2.75) is 37.8 Å². The van der Waals surface area contributed by atoms with Gasteiger partial charge in [0.15, 0.2) is 17.1 Å². The Labute approximate surface area is 176 Å². The minimum atomic E-state index is -1.59. The molecule has 3 N–H and O–H groups in total. The van der Waals surface area contributed by atoms with Crippen LogP contribution >= 0.6 is 0 Å². The molecule has 1 aromatic carbocycles. The number of hydrogen-bond donors (Lipinski definition) is 3. The van der Waals surface area contributed by atoms with E-state index in [-0.39, 0.29) is 52.8 Å². The number of nitrogens with one attached hydrogen (secondary N) is 1. The summed E-state index contributed by atoms with van der Waals surface area (Å²) in [4.78, 5) is 39.0. The summed E-state index contributed by atoms with van der Waals surface area (Å²) in [5.74, 6) is -3.77. The Hall–Kier alpha value is -3.14. The van der Waals surface area contributed by atoms with Crippen molar-refractivity contribution in [1.82, 2.24) is 9.88 Å². The second-order valence-electron chi connectivity index (χ2n) is 8.33. The highest BCUT2D eigenvalue weighted by molar-refractivity contribution is 6.06. The SMILES string of the molecule is COc1c(N2C[C@H]3NCCC[C@@H]3C2=O)c(F)cc2c(O)c(C(=O)O)c(=O)n(C3CC3)c12. The standard InChI is InChI=1S/C21H22FN3O6/c1-31-18-15-11(17(26)14(21(29)30)20(28)25(15)9-4-5-9)7-12(22)16(18)24-8-13-10(19(24)27)3-2-6-23-13/h7,9-10,13,23,26H,2-6,8H2,1H3,(H,29,30)/t10-,13+/m0/s1. The van der Waals surface area contributed by atoms with Crippen LogP contribution < -0.4 is 20.5 Å². The van der Waals surface area contributed by atoms with Gasteiger partial charge in [0.2, 0.25) is 5.91 Å². The number of aromatic hydroxyl groups is 1. The Morgan fingerprint density at radius 3 is 2.65 bits per heavy atom. The van der Waals surface area contributed by atoms with Gasteiger partial charge in [-0.2, -0.15) is 0 Å². The van der Waals surface area contributed by atoms with Crippen LogP contribution in [0.25, 0.3) is 10.9 Å². The number of pyridine rings is 1. The quantitative estimate of drug-likeness (QED) is 0.672. The number of hydrogen-bond acceptors (Lipinski definition) is 6. The van der Waals surface area contributed by atoms with Crippen LogP contribution in [-0.4, -0.2) is 52.9 Å². The van der Waals surface area contributed by atoms with Crippen LogP contribution in [0.15, 0.2) is 10.9 Å². The van der Waals surface area contributed by atoms with Crippen LogP contribution in [0, 0.1) is 11.7 Å². The lowest BCUT2D eigenvalue weighted by molar-refractivity contribution is -0.121. The molecule has 2 aliphatic heterocycles. The maximum Gasteiger partial charge on any atom is 0.345 e. The molecular formula is C21H22FN3O6. The van der Waals surface area contributed by atoms with E-state index in [2.05, 4.69) is 5.32 Å². The van der Waals surface area contributed by atoms with E-state index in [9.17, 15) is 24.6 Å². The molecule has 164 valence electrons. The van der Waals surface area contributed by atoms with Gasteiger partial charge in [-0.25, -0.2) is 9.18 Å². The summed E-state index contributed by atoms with van der Waals surface area (Å²) < 4.78 is 22.2.